The van der Waals surface area contributed by atoms with Crippen molar-refractivity contribution < 1.29 is 23.4 Å². The van der Waals surface area contributed by atoms with E-state index in [1.165, 1.54) is 51.4 Å². The number of rotatable bonds is 20. The lowest BCUT2D eigenvalue weighted by molar-refractivity contribution is -0.130. The van der Waals surface area contributed by atoms with Gasteiger partial charge in [0.25, 0.3) is 8.53 Å². The highest BCUT2D eigenvalue weighted by atomic mass is 31.2. The average molecular weight is 827 g/mol. The lowest BCUT2D eigenvalue weighted by Gasteiger charge is -2.58. The number of nitrogens with zero attached hydrogens (tertiary/aromatic N) is 3. The van der Waals surface area contributed by atoms with Crippen molar-refractivity contribution in [2.24, 2.45) is 52.3 Å². The molecule has 1 aliphatic heterocycles. The molecule has 5 aliphatic rings. The van der Waals surface area contributed by atoms with Crippen LogP contribution in [0.15, 0.2) is 11.6 Å². The van der Waals surface area contributed by atoms with E-state index in [1.807, 2.05) is 4.90 Å². The minimum atomic E-state index is -1.34. The molecular weight excluding hydrogens is 744 g/mol. The normalized spacial score (nSPS) is 33.1. The second kappa shape index (κ2) is 21.4. The van der Waals surface area contributed by atoms with Gasteiger partial charge in [-0.15, -0.1) is 0 Å². The van der Waals surface area contributed by atoms with Gasteiger partial charge in [-0.05, 0) is 132 Å². The fourth-order valence-electron chi connectivity index (χ4n) is 12.6. The summed E-state index contributed by atoms with van der Waals surface area (Å²) in [5, 5.41) is 12.0. The number of fused-ring (bicyclic) bond motifs is 5. The number of allylic oxidation sites excluding steroid dienone is 1. The molecule has 3 saturated carbocycles. The number of amides is 2. The second-order valence-corrected chi connectivity index (χ2v) is 22.2. The van der Waals surface area contributed by atoms with E-state index in [0.717, 1.165) is 74.0 Å². The predicted octanol–water partition coefficient (Wildman–Crippen LogP) is 11.8. The minimum Gasteiger partial charge on any atom is -0.446 e. The van der Waals surface area contributed by atoms with Crippen LogP contribution in [-0.2, 0) is 18.6 Å². The molecule has 0 aromatic rings. The van der Waals surface area contributed by atoms with E-state index >= 15 is 0 Å². The van der Waals surface area contributed by atoms with E-state index in [2.05, 4.69) is 91.4 Å². The van der Waals surface area contributed by atoms with Crippen LogP contribution < -0.4 is 5.32 Å². The molecule has 0 spiro atoms. The first-order valence-electron chi connectivity index (χ1n) is 23.8. The first-order chi connectivity index (χ1) is 27.6. The standard InChI is InChI=1S/C48H83N4O5P/c1-33(2)16-14-17-36(7)41-21-22-42-40-20-19-38-30-39(23-25-47(38,9)43(40)24-26-48(41,42)10)56-46(54)50-28-13-11-12-18-45(53)51-31-37(8)44(32-51)57-58(55-29-15-27-49)52(34(3)4)35(5)6/h19,33-37,39-44H,11-18,20-26,28-32H2,1-10H3,(H,50,54)/t36?,37?,39?,40?,41-,42?,43?,44?,47+,48-,58?/m1/s1. The first kappa shape index (κ1) is 47.3. The van der Waals surface area contributed by atoms with Crippen LogP contribution >= 0.6 is 8.53 Å². The average Bonchev–Trinajstić information content (AvgIpc) is 3.71. The van der Waals surface area contributed by atoms with E-state index in [9.17, 15) is 9.59 Å². The molecule has 0 aromatic heterocycles. The van der Waals surface area contributed by atoms with Crippen LogP contribution in [0.2, 0.25) is 0 Å². The zero-order valence-electron chi connectivity index (χ0n) is 38.4. The second-order valence-electron chi connectivity index (χ2n) is 20.8. The van der Waals surface area contributed by atoms with Crippen LogP contribution in [0.25, 0.3) is 0 Å². The Morgan fingerprint density at radius 2 is 1.72 bits per heavy atom. The summed E-state index contributed by atoms with van der Waals surface area (Å²) in [6.07, 6.45) is 19.4. The van der Waals surface area contributed by atoms with Crippen molar-refractivity contribution in [2.75, 3.05) is 26.2 Å². The molecule has 8 unspecified atom stereocenters. The molecule has 10 heteroatoms. The van der Waals surface area contributed by atoms with Gasteiger partial charge in [0.05, 0.1) is 25.2 Å². The molecule has 330 valence electrons. The zero-order valence-corrected chi connectivity index (χ0v) is 39.3. The highest BCUT2D eigenvalue weighted by molar-refractivity contribution is 7.44. The SMILES string of the molecule is CC(C)CCCC(C)[C@H]1CCC2C3CC=C4CC(OC(=O)NCCCCCC(=O)N5CC(C)C(OP(OCCC#N)N(C(C)C)C(C)C)C5)CC[C@]4(C)C3CC[C@@]21C. The Balaban J connectivity index is 0.998. The first-order valence-corrected chi connectivity index (χ1v) is 24.9. The summed E-state index contributed by atoms with van der Waals surface area (Å²) in [6.45, 7) is 25.3. The van der Waals surface area contributed by atoms with Crippen molar-refractivity contribution in [1.82, 2.24) is 14.9 Å². The fraction of sp³-hybridized carbons (Fsp3) is 0.896. The molecule has 5 rings (SSSR count). The number of unbranched alkanes of at least 4 members (excludes halogenated alkanes) is 2. The van der Waals surface area contributed by atoms with Crippen LogP contribution in [0, 0.1) is 63.6 Å². The molecular formula is C48H83N4O5P. The number of carbonyl (C=O) groups excluding carboxylic acids is 2. The number of carbonyl (C=O) groups is 2. The Morgan fingerprint density at radius 1 is 0.966 bits per heavy atom. The highest BCUT2D eigenvalue weighted by Gasteiger charge is 2.59. The van der Waals surface area contributed by atoms with Crippen molar-refractivity contribution in [3.8, 4) is 6.07 Å². The Morgan fingerprint density at radius 3 is 2.43 bits per heavy atom. The quantitative estimate of drug-likeness (QED) is 0.0740. The monoisotopic (exact) mass is 827 g/mol. The van der Waals surface area contributed by atoms with Gasteiger partial charge in [0.1, 0.15) is 6.10 Å². The van der Waals surface area contributed by atoms with Gasteiger partial charge in [-0.3, -0.25) is 4.79 Å². The maximum absolute atomic E-state index is 13.2. The third-order valence-electron chi connectivity index (χ3n) is 15.7. The third kappa shape index (κ3) is 11.4. The molecule has 2 amide bonds. The van der Waals surface area contributed by atoms with E-state index < -0.39 is 8.53 Å². The lowest BCUT2D eigenvalue weighted by atomic mass is 9.47. The summed E-state index contributed by atoms with van der Waals surface area (Å²) in [5.74, 6) is 5.34. The van der Waals surface area contributed by atoms with Crippen molar-refractivity contribution in [2.45, 2.75) is 196 Å². The van der Waals surface area contributed by atoms with Crippen LogP contribution in [0.5, 0.6) is 0 Å². The van der Waals surface area contributed by atoms with E-state index in [0.29, 0.717) is 44.5 Å². The molecule has 1 saturated heterocycles. The number of alkyl carbamates (subject to hydrolysis) is 1. The lowest BCUT2D eigenvalue weighted by Crippen LogP contribution is -2.51. The minimum absolute atomic E-state index is 0.0417. The molecule has 1 heterocycles. The summed E-state index contributed by atoms with van der Waals surface area (Å²) in [7, 11) is -1.34. The van der Waals surface area contributed by atoms with Gasteiger partial charge in [0.2, 0.25) is 5.91 Å². The van der Waals surface area contributed by atoms with Crippen LogP contribution in [0.3, 0.4) is 0 Å². The van der Waals surface area contributed by atoms with Crippen LogP contribution in [0.4, 0.5) is 4.79 Å². The Bertz CT molecular complexity index is 1410. The summed E-state index contributed by atoms with van der Waals surface area (Å²) in [4.78, 5) is 28.1. The molecule has 4 fully saturated rings. The Kier molecular flexibility index (Phi) is 17.4. The summed E-state index contributed by atoms with van der Waals surface area (Å²) in [6, 6.07) is 2.63. The topological polar surface area (TPSA) is 104 Å². The van der Waals surface area contributed by atoms with Gasteiger partial charge in [-0.2, -0.15) is 5.26 Å². The molecule has 58 heavy (non-hydrogen) atoms. The smallest absolute Gasteiger partial charge is 0.407 e. The van der Waals surface area contributed by atoms with Gasteiger partial charge in [0, 0.05) is 50.5 Å². The van der Waals surface area contributed by atoms with Crippen molar-refractivity contribution in [3.63, 3.8) is 0 Å². The maximum Gasteiger partial charge on any atom is 0.407 e. The molecule has 0 bridgehead atoms. The molecule has 0 radical (unpaired) electrons. The zero-order chi connectivity index (χ0) is 42.2. The number of hydrogen-bond acceptors (Lipinski definition) is 7. The molecule has 4 aliphatic carbocycles. The maximum atomic E-state index is 13.2. The Hall–Kier alpha value is -1.72. The Labute approximate surface area is 355 Å². The van der Waals surface area contributed by atoms with Crippen LogP contribution in [-0.4, -0.2) is 72.1 Å². The van der Waals surface area contributed by atoms with Gasteiger partial charge in [-0.25, -0.2) is 9.46 Å². The number of hydrogen-bond donors (Lipinski definition) is 1. The third-order valence-corrected chi connectivity index (χ3v) is 17.8. The van der Waals surface area contributed by atoms with E-state index in [4.69, 9.17) is 19.0 Å². The summed E-state index contributed by atoms with van der Waals surface area (Å²) >= 11 is 0. The predicted molar refractivity (Wildman–Crippen MR) is 236 cm³/mol. The fourth-order valence-corrected chi connectivity index (χ4v) is 14.4. The van der Waals surface area contributed by atoms with Gasteiger partial charge < -0.3 is 24.0 Å². The number of nitriles is 1. The number of ether oxygens (including phenoxy) is 1. The number of likely N-dealkylation sites (tertiary alicyclic amines) is 1. The highest BCUT2D eigenvalue weighted by Crippen LogP contribution is 2.67. The van der Waals surface area contributed by atoms with Gasteiger partial charge in [-0.1, -0.05) is 78.9 Å². The van der Waals surface area contributed by atoms with Crippen LogP contribution in [0.1, 0.15) is 172 Å². The number of nitrogens with one attached hydrogen (secondary N) is 1. The molecule has 11 atom stereocenters. The molecule has 1 N–H and O–H groups in total. The van der Waals surface area contributed by atoms with Crippen molar-refractivity contribution >= 4 is 20.5 Å². The van der Waals surface area contributed by atoms with Gasteiger partial charge in [0.15, 0.2) is 0 Å². The molecule has 0 aromatic carbocycles. The summed E-state index contributed by atoms with van der Waals surface area (Å²) in [5.41, 5.74) is 2.31. The van der Waals surface area contributed by atoms with E-state index in [1.54, 1.807) is 5.57 Å². The van der Waals surface area contributed by atoms with Gasteiger partial charge >= 0.3 is 6.09 Å². The van der Waals surface area contributed by atoms with Crippen molar-refractivity contribution in [3.05, 3.63) is 11.6 Å². The molecule has 9 nitrogen and oxygen atoms in total. The van der Waals surface area contributed by atoms with E-state index in [-0.39, 0.29) is 47.6 Å². The summed E-state index contributed by atoms with van der Waals surface area (Å²) < 4.78 is 21.0. The largest absolute Gasteiger partial charge is 0.446 e. The van der Waals surface area contributed by atoms with Crippen molar-refractivity contribution in [1.29, 1.82) is 5.26 Å².